The quantitative estimate of drug-likeness (QED) is 0.792. The van der Waals surface area contributed by atoms with Gasteiger partial charge < -0.3 is 9.64 Å². The molecule has 17 heavy (non-hydrogen) atoms. The monoisotopic (exact) mass is 230 g/mol. The molecule has 0 saturated heterocycles. The van der Waals surface area contributed by atoms with Gasteiger partial charge in [-0.2, -0.15) is 5.26 Å². The van der Waals surface area contributed by atoms with E-state index >= 15 is 0 Å². The van der Waals surface area contributed by atoms with Crippen LogP contribution in [0.5, 0.6) is 5.75 Å². The lowest BCUT2D eigenvalue weighted by molar-refractivity contribution is -0.116. The molecule has 0 bridgehead atoms. The van der Waals surface area contributed by atoms with E-state index in [2.05, 4.69) is 0 Å². The largest absolute Gasteiger partial charge is 0.490 e. The number of ketones is 1. The summed E-state index contributed by atoms with van der Waals surface area (Å²) in [4.78, 5) is 13.5. The number of carbonyl (C=O) groups is 1. The molecule has 4 nitrogen and oxygen atoms in total. The minimum atomic E-state index is -0.0547. The summed E-state index contributed by atoms with van der Waals surface area (Å²) >= 11 is 0. The van der Waals surface area contributed by atoms with E-state index in [0.717, 1.165) is 17.0 Å². The summed E-state index contributed by atoms with van der Waals surface area (Å²) in [6.45, 7) is 3.56. The van der Waals surface area contributed by atoms with Crippen LogP contribution in [0.2, 0.25) is 0 Å². The predicted molar refractivity (Wildman–Crippen MR) is 64.1 cm³/mol. The molecule has 1 aliphatic heterocycles. The Morgan fingerprint density at radius 3 is 3.18 bits per heavy atom. The van der Waals surface area contributed by atoms with Gasteiger partial charge in [0.1, 0.15) is 12.4 Å². The molecule has 0 atom stereocenters. The summed E-state index contributed by atoms with van der Waals surface area (Å²) in [6.07, 6.45) is -0.0292. The Bertz CT molecular complexity index is 477. The van der Waals surface area contributed by atoms with E-state index in [1.807, 2.05) is 36.1 Å². The van der Waals surface area contributed by atoms with Crippen molar-refractivity contribution in [2.45, 2.75) is 13.3 Å². The van der Waals surface area contributed by atoms with E-state index in [-0.39, 0.29) is 18.7 Å². The van der Waals surface area contributed by atoms with Gasteiger partial charge in [0.25, 0.3) is 0 Å². The lowest BCUT2D eigenvalue weighted by atomic mass is 10.1. The number of benzene rings is 1. The van der Waals surface area contributed by atoms with E-state index in [4.69, 9.17) is 10.00 Å². The molecule has 4 heteroatoms. The maximum Gasteiger partial charge on any atom is 0.166 e. The fourth-order valence-electron chi connectivity index (χ4n) is 1.91. The molecule has 1 heterocycles. The minimum absolute atomic E-state index is 0.0292. The molecule has 1 aliphatic rings. The van der Waals surface area contributed by atoms with Crippen molar-refractivity contribution in [1.29, 1.82) is 5.26 Å². The first-order chi connectivity index (χ1) is 8.20. The number of nitrogens with zero attached hydrogens (tertiary/aromatic N) is 2. The van der Waals surface area contributed by atoms with Gasteiger partial charge in [-0.15, -0.1) is 0 Å². The van der Waals surface area contributed by atoms with E-state index in [1.54, 1.807) is 0 Å². The van der Waals surface area contributed by atoms with Gasteiger partial charge in [-0.1, -0.05) is 6.07 Å². The van der Waals surface area contributed by atoms with Crippen molar-refractivity contribution in [2.24, 2.45) is 0 Å². The van der Waals surface area contributed by atoms with Crippen LogP contribution in [0, 0.1) is 18.3 Å². The number of hydrogen-bond acceptors (Lipinski definition) is 4. The maximum atomic E-state index is 11.5. The second-order valence-corrected chi connectivity index (χ2v) is 4.11. The predicted octanol–water partition coefficient (Wildman–Crippen LogP) is 1.68. The molecule has 0 fully saturated rings. The highest BCUT2D eigenvalue weighted by Gasteiger charge is 2.19. The average Bonchev–Trinajstić information content (AvgIpc) is 2.29. The molecule has 2 rings (SSSR count). The normalized spacial score (nSPS) is 13.5. The standard InChI is InChI=1S/C13H14N2O2/c1-10-2-3-12-13(8-10)17-7-6-15(12)9-11(16)4-5-14/h2-3,8H,4,6-7,9H2,1H3. The van der Waals surface area contributed by atoms with Crippen LogP contribution in [0.3, 0.4) is 0 Å². The van der Waals surface area contributed by atoms with Crippen molar-refractivity contribution in [2.75, 3.05) is 24.6 Å². The van der Waals surface area contributed by atoms with Gasteiger partial charge in [0.15, 0.2) is 5.78 Å². The molecule has 0 saturated carbocycles. The van der Waals surface area contributed by atoms with Crippen LogP contribution in [-0.2, 0) is 4.79 Å². The molecule has 1 aromatic carbocycles. The number of hydrogen-bond donors (Lipinski definition) is 0. The molecule has 88 valence electrons. The van der Waals surface area contributed by atoms with E-state index in [1.165, 1.54) is 0 Å². The highest BCUT2D eigenvalue weighted by Crippen LogP contribution is 2.32. The Morgan fingerprint density at radius 2 is 2.41 bits per heavy atom. The fraction of sp³-hybridized carbons (Fsp3) is 0.385. The van der Waals surface area contributed by atoms with Crippen molar-refractivity contribution in [1.82, 2.24) is 0 Å². The van der Waals surface area contributed by atoms with Gasteiger partial charge in [-0.25, -0.2) is 0 Å². The topological polar surface area (TPSA) is 53.3 Å². The molecule has 0 unspecified atom stereocenters. The number of rotatable bonds is 3. The van der Waals surface area contributed by atoms with E-state index < -0.39 is 0 Å². The molecule has 0 aliphatic carbocycles. The highest BCUT2D eigenvalue weighted by atomic mass is 16.5. The second kappa shape index (κ2) is 4.88. The smallest absolute Gasteiger partial charge is 0.166 e. The lowest BCUT2D eigenvalue weighted by Gasteiger charge is -2.30. The number of fused-ring (bicyclic) bond motifs is 1. The zero-order valence-corrected chi connectivity index (χ0v) is 9.77. The first-order valence-electron chi connectivity index (χ1n) is 5.58. The van der Waals surface area contributed by atoms with Crippen molar-refractivity contribution in [3.8, 4) is 11.8 Å². The first-order valence-corrected chi connectivity index (χ1v) is 5.58. The number of Topliss-reactive ketones (excluding diaryl/α,β-unsaturated/α-hetero) is 1. The number of nitriles is 1. The summed E-state index contributed by atoms with van der Waals surface area (Å²) in [5, 5.41) is 8.48. The van der Waals surface area contributed by atoms with Crippen LogP contribution >= 0.6 is 0 Å². The van der Waals surface area contributed by atoms with Crippen LogP contribution in [0.1, 0.15) is 12.0 Å². The average molecular weight is 230 g/mol. The minimum Gasteiger partial charge on any atom is -0.490 e. The SMILES string of the molecule is Cc1ccc2c(c1)OCCN2CC(=O)CC#N. The van der Waals surface area contributed by atoms with Crippen molar-refractivity contribution in [3.05, 3.63) is 23.8 Å². The van der Waals surface area contributed by atoms with Crippen LogP contribution in [0.25, 0.3) is 0 Å². The third kappa shape index (κ3) is 2.56. The van der Waals surface area contributed by atoms with Crippen LogP contribution in [0.15, 0.2) is 18.2 Å². The second-order valence-electron chi connectivity index (χ2n) is 4.11. The third-order valence-corrected chi connectivity index (χ3v) is 2.72. The highest BCUT2D eigenvalue weighted by molar-refractivity contribution is 5.85. The summed E-state index contributed by atoms with van der Waals surface area (Å²) in [7, 11) is 0. The van der Waals surface area contributed by atoms with Crippen LogP contribution < -0.4 is 9.64 Å². The van der Waals surface area contributed by atoms with Crippen molar-refractivity contribution < 1.29 is 9.53 Å². The molecule has 0 aromatic heterocycles. The number of ether oxygens (including phenoxy) is 1. The zero-order chi connectivity index (χ0) is 12.3. The van der Waals surface area contributed by atoms with E-state index in [0.29, 0.717) is 13.2 Å². The molecule has 0 amide bonds. The van der Waals surface area contributed by atoms with Crippen molar-refractivity contribution >= 4 is 11.5 Å². The Balaban J connectivity index is 2.18. The van der Waals surface area contributed by atoms with Gasteiger partial charge in [-0.05, 0) is 24.6 Å². The molecular formula is C13H14N2O2. The fourth-order valence-corrected chi connectivity index (χ4v) is 1.91. The van der Waals surface area contributed by atoms with Gasteiger partial charge >= 0.3 is 0 Å². The Kier molecular flexibility index (Phi) is 3.29. The summed E-state index contributed by atoms with van der Waals surface area (Å²) in [5.41, 5.74) is 2.07. The van der Waals surface area contributed by atoms with Gasteiger partial charge in [0.2, 0.25) is 0 Å². The van der Waals surface area contributed by atoms with Crippen LogP contribution in [-0.4, -0.2) is 25.5 Å². The van der Waals surface area contributed by atoms with E-state index in [9.17, 15) is 4.79 Å². The molecule has 0 radical (unpaired) electrons. The van der Waals surface area contributed by atoms with Gasteiger partial charge in [0, 0.05) is 0 Å². The lowest BCUT2D eigenvalue weighted by Crippen LogP contribution is -2.36. The number of aryl methyl sites for hydroxylation is 1. The summed E-state index contributed by atoms with van der Waals surface area (Å²) in [5.74, 6) is 0.766. The number of anilines is 1. The first kappa shape index (κ1) is 11.5. The van der Waals surface area contributed by atoms with Gasteiger partial charge in [0.05, 0.1) is 31.3 Å². The maximum absolute atomic E-state index is 11.5. The Hall–Kier alpha value is -2.02. The molecule has 0 spiro atoms. The Labute approximate surface area is 100 Å². The molecule has 0 N–H and O–H groups in total. The third-order valence-electron chi connectivity index (χ3n) is 2.72. The molecular weight excluding hydrogens is 216 g/mol. The summed E-state index contributed by atoms with van der Waals surface area (Å²) in [6, 6.07) is 7.81. The number of carbonyl (C=O) groups excluding carboxylic acids is 1. The van der Waals surface area contributed by atoms with Crippen molar-refractivity contribution in [3.63, 3.8) is 0 Å². The summed E-state index contributed by atoms with van der Waals surface area (Å²) < 4.78 is 5.56. The molecule has 1 aromatic rings. The zero-order valence-electron chi connectivity index (χ0n) is 9.77. The van der Waals surface area contributed by atoms with Gasteiger partial charge in [-0.3, -0.25) is 4.79 Å². The Morgan fingerprint density at radius 1 is 1.59 bits per heavy atom. The van der Waals surface area contributed by atoms with Crippen LogP contribution in [0.4, 0.5) is 5.69 Å².